The average Bonchev–Trinajstić information content (AvgIpc) is 3.25. The van der Waals surface area contributed by atoms with Crippen molar-refractivity contribution in [2.45, 2.75) is 25.3 Å². The molecular formula is C26H24N2O. The summed E-state index contributed by atoms with van der Waals surface area (Å²) in [6.07, 6.45) is 2.76. The first-order valence-electron chi connectivity index (χ1n) is 10.00. The monoisotopic (exact) mass is 380 g/mol. The van der Waals surface area contributed by atoms with Crippen LogP contribution in [0.4, 0.5) is 5.69 Å². The minimum atomic E-state index is -0.248. The van der Waals surface area contributed by atoms with Crippen LogP contribution in [0.3, 0.4) is 0 Å². The van der Waals surface area contributed by atoms with E-state index < -0.39 is 0 Å². The molecule has 3 nitrogen and oxygen atoms in total. The number of amides is 1. The van der Waals surface area contributed by atoms with Gasteiger partial charge in [0.15, 0.2) is 0 Å². The van der Waals surface area contributed by atoms with Crippen molar-refractivity contribution in [2.75, 3.05) is 11.4 Å². The first kappa shape index (κ1) is 18.8. The summed E-state index contributed by atoms with van der Waals surface area (Å²) in [6.45, 7) is 0.869. The van der Waals surface area contributed by atoms with Crippen molar-refractivity contribution in [2.24, 2.45) is 5.73 Å². The predicted molar refractivity (Wildman–Crippen MR) is 118 cm³/mol. The van der Waals surface area contributed by atoms with E-state index in [0.29, 0.717) is 0 Å². The fourth-order valence-electron chi connectivity index (χ4n) is 3.79. The van der Waals surface area contributed by atoms with Crippen LogP contribution >= 0.6 is 0 Å². The van der Waals surface area contributed by atoms with Gasteiger partial charge in [0.05, 0.1) is 0 Å². The number of carbonyl (C=O) groups excluding carboxylic acids is 1. The molecule has 1 amide bonds. The van der Waals surface area contributed by atoms with Crippen molar-refractivity contribution in [3.8, 4) is 11.8 Å². The molecule has 0 radical (unpaired) electrons. The summed E-state index contributed by atoms with van der Waals surface area (Å²) in [6, 6.07) is 26.7. The smallest absolute Gasteiger partial charge is 0.240 e. The summed E-state index contributed by atoms with van der Waals surface area (Å²) in [4.78, 5) is 13.7. The number of carbonyl (C=O) groups is 1. The maximum Gasteiger partial charge on any atom is 0.240 e. The van der Waals surface area contributed by atoms with E-state index in [1.165, 1.54) is 11.1 Å². The fourth-order valence-corrected chi connectivity index (χ4v) is 3.79. The third kappa shape index (κ3) is 4.67. The standard InChI is InChI=1S/C26H24N2O/c27-26(29)25-7-4-18-28(25)24-16-14-21(15-17-24)9-8-20-10-12-23(13-11-20)19-22-5-2-1-3-6-22/h1-3,5-6,10-17,25H,4,7,18-19H2,(H2,27,29)/t25-/m1/s1. The summed E-state index contributed by atoms with van der Waals surface area (Å²) in [5.41, 5.74) is 11.1. The third-order valence-electron chi connectivity index (χ3n) is 5.34. The molecule has 0 saturated carbocycles. The number of rotatable bonds is 4. The van der Waals surface area contributed by atoms with Gasteiger partial charge < -0.3 is 10.6 Å². The molecule has 144 valence electrons. The summed E-state index contributed by atoms with van der Waals surface area (Å²) < 4.78 is 0. The number of nitrogens with two attached hydrogens (primary N) is 1. The second-order valence-electron chi connectivity index (χ2n) is 7.41. The van der Waals surface area contributed by atoms with E-state index in [-0.39, 0.29) is 11.9 Å². The number of hydrogen-bond donors (Lipinski definition) is 1. The lowest BCUT2D eigenvalue weighted by Crippen LogP contribution is -2.40. The van der Waals surface area contributed by atoms with Crippen molar-refractivity contribution in [3.63, 3.8) is 0 Å². The van der Waals surface area contributed by atoms with Gasteiger partial charge in [-0.3, -0.25) is 4.79 Å². The predicted octanol–water partition coefficient (Wildman–Crippen LogP) is 4.13. The van der Waals surface area contributed by atoms with Gasteiger partial charge in [0.2, 0.25) is 5.91 Å². The Morgan fingerprint density at radius 1 is 0.862 bits per heavy atom. The Hall–Kier alpha value is -3.51. The zero-order valence-corrected chi connectivity index (χ0v) is 16.3. The number of benzene rings is 3. The Labute approximate surface area is 172 Å². The van der Waals surface area contributed by atoms with Gasteiger partial charge in [-0.15, -0.1) is 0 Å². The highest BCUT2D eigenvalue weighted by Gasteiger charge is 2.28. The largest absolute Gasteiger partial charge is 0.368 e. The van der Waals surface area contributed by atoms with Crippen LogP contribution in [0.15, 0.2) is 78.9 Å². The zero-order chi connectivity index (χ0) is 20.1. The SMILES string of the molecule is NC(=O)[C@H]1CCCN1c1ccc(C#Cc2ccc(Cc3ccccc3)cc2)cc1. The van der Waals surface area contributed by atoms with E-state index in [1.807, 2.05) is 30.3 Å². The zero-order valence-electron chi connectivity index (χ0n) is 16.3. The molecule has 3 aromatic rings. The summed E-state index contributed by atoms with van der Waals surface area (Å²) >= 11 is 0. The molecule has 1 atom stereocenters. The Morgan fingerprint density at radius 2 is 1.45 bits per heavy atom. The average molecular weight is 380 g/mol. The van der Waals surface area contributed by atoms with E-state index in [1.54, 1.807) is 0 Å². The summed E-state index contributed by atoms with van der Waals surface area (Å²) in [5.74, 6) is 6.20. The molecule has 0 aliphatic carbocycles. The fraction of sp³-hybridized carbons (Fsp3) is 0.192. The summed E-state index contributed by atoms with van der Waals surface area (Å²) in [7, 11) is 0. The van der Waals surface area contributed by atoms with Crippen LogP contribution in [0.2, 0.25) is 0 Å². The van der Waals surface area contributed by atoms with Gasteiger partial charge in [0, 0.05) is 23.4 Å². The Morgan fingerprint density at radius 3 is 2.07 bits per heavy atom. The molecule has 0 bridgehead atoms. The van der Waals surface area contributed by atoms with E-state index in [9.17, 15) is 4.79 Å². The molecule has 1 fully saturated rings. The van der Waals surface area contributed by atoms with E-state index in [4.69, 9.17) is 5.73 Å². The molecule has 3 aromatic carbocycles. The van der Waals surface area contributed by atoms with Crippen molar-refractivity contribution >= 4 is 11.6 Å². The molecule has 29 heavy (non-hydrogen) atoms. The number of hydrogen-bond acceptors (Lipinski definition) is 2. The van der Waals surface area contributed by atoms with E-state index in [0.717, 1.165) is 42.6 Å². The lowest BCUT2D eigenvalue weighted by molar-refractivity contribution is -0.119. The molecule has 3 heteroatoms. The van der Waals surface area contributed by atoms with Crippen LogP contribution < -0.4 is 10.6 Å². The highest BCUT2D eigenvalue weighted by Crippen LogP contribution is 2.25. The van der Waals surface area contributed by atoms with Crippen LogP contribution in [0.5, 0.6) is 0 Å². The van der Waals surface area contributed by atoms with Crippen LogP contribution in [-0.2, 0) is 11.2 Å². The van der Waals surface area contributed by atoms with Gasteiger partial charge >= 0.3 is 0 Å². The van der Waals surface area contributed by atoms with Crippen molar-refractivity contribution in [1.29, 1.82) is 0 Å². The van der Waals surface area contributed by atoms with Crippen molar-refractivity contribution in [3.05, 3.63) is 101 Å². The molecule has 0 aromatic heterocycles. The van der Waals surface area contributed by atoms with Gasteiger partial charge in [0.1, 0.15) is 6.04 Å². The first-order chi connectivity index (χ1) is 14.2. The van der Waals surface area contributed by atoms with Crippen LogP contribution in [0.25, 0.3) is 0 Å². The minimum absolute atomic E-state index is 0.193. The van der Waals surface area contributed by atoms with E-state index >= 15 is 0 Å². The molecule has 4 rings (SSSR count). The Balaban J connectivity index is 1.42. The van der Waals surface area contributed by atoms with Crippen LogP contribution in [0, 0.1) is 11.8 Å². The molecule has 0 spiro atoms. The lowest BCUT2D eigenvalue weighted by atomic mass is 10.0. The summed E-state index contributed by atoms with van der Waals surface area (Å²) in [5, 5.41) is 0. The lowest BCUT2D eigenvalue weighted by Gasteiger charge is -2.24. The number of primary amides is 1. The van der Waals surface area contributed by atoms with Gasteiger partial charge in [-0.05, 0) is 66.8 Å². The van der Waals surface area contributed by atoms with Crippen LogP contribution in [0.1, 0.15) is 35.1 Å². The number of anilines is 1. The van der Waals surface area contributed by atoms with Gasteiger partial charge in [-0.2, -0.15) is 0 Å². The molecule has 1 heterocycles. The molecule has 2 N–H and O–H groups in total. The normalized spacial score (nSPS) is 15.6. The molecule has 1 aliphatic heterocycles. The second-order valence-corrected chi connectivity index (χ2v) is 7.41. The Kier molecular flexibility index (Phi) is 5.63. The highest BCUT2D eigenvalue weighted by atomic mass is 16.1. The van der Waals surface area contributed by atoms with Crippen molar-refractivity contribution < 1.29 is 4.79 Å². The highest BCUT2D eigenvalue weighted by molar-refractivity contribution is 5.84. The van der Waals surface area contributed by atoms with Crippen molar-refractivity contribution in [1.82, 2.24) is 0 Å². The maximum absolute atomic E-state index is 11.6. The third-order valence-corrected chi connectivity index (χ3v) is 5.34. The van der Waals surface area contributed by atoms with Gasteiger partial charge in [-0.25, -0.2) is 0 Å². The Bertz CT molecular complexity index is 1030. The van der Waals surface area contributed by atoms with E-state index in [2.05, 4.69) is 65.3 Å². The molecule has 0 unspecified atom stereocenters. The maximum atomic E-state index is 11.6. The molecular weight excluding hydrogens is 356 g/mol. The minimum Gasteiger partial charge on any atom is -0.368 e. The second kappa shape index (κ2) is 8.67. The molecule has 1 saturated heterocycles. The topological polar surface area (TPSA) is 46.3 Å². The van der Waals surface area contributed by atoms with Crippen LogP contribution in [-0.4, -0.2) is 18.5 Å². The number of nitrogens with zero attached hydrogens (tertiary/aromatic N) is 1. The quantitative estimate of drug-likeness (QED) is 0.692. The van der Waals surface area contributed by atoms with Gasteiger partial charge in [-0.1, -0.05) is 54.3 Å². The van der Waals surface area contributed by atoms with Gasteiger partial charge in [0.25, 0.3) is 0 Å². The first-order valence-corrected chi connectivity index (χ1v) is 10.00. The molecule has 1 aliphatic rings.